The third kappa shape index (κ3) is 2.91. The molecule has 0 spiro atoms. The van der Waals surface area contributed by atoms with E-state index in [1.165, 1.54) is 0 Å². The molecule has 0 aliphatic rings. The molecule has 0 atom stereocenters. The zero-order valence-electron chi connectivity index (χ0n) is 10.3. The van der Waals surface area contributed by atoms with Gasteiger partial charge >= 0.3 is 0 Å². The van der Waals surface area contributed by atoms with Crippen LogP contribution in [-0.2, 0) is 0 Å². The van der Waals surface area contributed by atoms with Gasteiger partial charge in [0.05, 0.1) is 10.9 Å². The molecule has 0 aliphatic heterocycles. The minimum Gasteiger partial charge on any atom is -0.491 e. The van der Waals surface area contributed by atoms with Crippen LogP contribution in [0.1, 0.15) is 6.92 Å². The number of benzene rings is 1. The van der Waals surface area contributed by atoms with Gasteiger partial charge in [-0.3, -0.25) is 0 Å². The van der Waals surface area contributed by atoms with Crippen LogP contribution in [0, 0.1) is 0 Å². The predicted molar refractivity (Wildman–Crippen MR) is 68.2 cm³/mol. The van der Waals surface area contributed by atoms with Crippen molar-refractivity contribution in [1.82, 2.24) is 14.9 Å². The summed E-state index contributed by atoms with van der Waals surface area (Å²) in [7, 11) is 2.08. The Bertz CT molecular complexity index is 482. The average Bonchev–Trinajstić information content (AvgIpc) is 2.39. The van der Waals surface area contributed by atoms with Crippen molar-refractivity contribution in [3.05, 3.63) is 30.7 Å². The van der Waals surface area contributed by atoms with Crippen LogP contribution in [0.5, 0.6) is 5.75 Å². The number of likely N-dealkylation sites (N-methyl/N-ethyl adjacent to an activating group) is 1. The Morgan fingerprint density at radius 2 is 2.24 bits per heavy atom. The van der Waals surface area contributed by atoms with Crippen molar-refractivity contribution in [3.8, 4) is 5.75 Å². The van der Waals surface area contributed by atoms with Gasteiger partial charge in [-0.25, -0.2) is 9.97 Å². The molecule has 90 valence electrons. The van der Waals surface area contributed by atoms with E-state index in [-0.39, 0.29) is 0 Å². The van der Waals surface area contributed by atoms with Crippen LogP contribution in [0.15, 0.2) is 30.7 Å². The van der Waals surface area contributed by atoms with Crippen molar-refractivity contribution < 1.29 is 4.74 Å². The first-order valence-electron chi connectivity index (χ1n) is 5.81. The van der Waals surface area contributed by atoms with Crippen molar-refractivity contribution in [3.63, 3.8) is 0 Å². The molecule has 2 aromatic rings. The molecule has 0 radical (unpaired) electrons. The zero-order chi connectivity index (χ0) is 12.1. The van der Waals surface area contributed by atoms with Crippen molar-refractivity contribution in [2.45, 2.75) is 6.92 Å². The summed E-state index contributed by atoms with van der Waals surface area (Å²) in [6, 6.07) is 5.87. The van der Waals surface area contributed by atoms with E-state index in [1.54, 1.807) is 12.5 Å². The summed E-state index contributed by atoms with van der Waals surface area (Å²) in [5, 5.41) is 0.967. The van der Waals surface area contributed by atoms with Gasteiger partial charge in [0.2, 0.25) is 0 Å². The Labute approximate surface area is 101 Å². The molecule has 17 heavy (non-hydrogen) atoms. The molecular weight excluding hydrogens is 214 g/mol. The average molecular weight is 231 g/mol. The van der Waals surface area contributed by atoms with Crippen LogP contribution >= 0.6 is 0 Å². The molecule has 0 N–H and O–H groups in total. The normalized spacial score (nSPS) is 11.0. The van der Waals surface area contributed by atoms with Crippen LogP contribution in [0.3, 0.4) is 0 Å². The van der Waals surface area contributed by atoms with E-state index in [0.29, 0.717) is 6.61 Å². The van der Waals surface area contributed by atoms with Gasteiger partial charge in [0.15, 0.2) is 0 Å². The Balaban J connectivity index is 2.08. The fraction of sp³-hybridized carbons (Fsp3) is 0.385. The van der Waals surface area contributed by atoms with Crippen LogP contribution < -0.4 is 4.74 Å². The molecule has 1 aromatic heterocycles. The molecular formula is C13H17N3O. The molecule has 2 rings (SSSR count). The van der Waals surface area contributed by atoms with Gasteiger partial charge in [-0.05, 0) is 25.7 Å². The lowest BCUT2D eigenvalue weighted by Gasteiger charge is -2.14. The van der Waals surface area contributed by atoms with E-state index in [0.717, 1.165) is 29.7 Å². The Hall–Kier alpha value is -1.68. The van der Waals surface area contributed by atoms with E-state index in [9.17, 15) is 0 Å². The molecule has 0 amide bonds. The molecule has 4 nitrogen and oxygen atoms in total. The number of fused-ring (bicyclic) bond motifs is 1. The van der Waals surface area contributed by atoms with Gasteiger partial charge in [0.1, 0.15) is 18.7 Å². The maximum absolute atomic E-state index is 5.77. The monoisotopic (exact) mass is 231 g/mol. The van der Waals surface area contributed by atoms with Crippen LogP contribution in [-0.4, -0.2) is 41.6 Å². The number of ether oxygens (including phenoxy) is 1. The Morgan fingerprint density at radius 3 is 3.06 bits per heavy atom. The lowest BCUT2D eigenvalue weighted by molar-refractivity contribution is 0.245. The minimum absolute atomic E-state index is 0.679. The standard InChI is InChI=1S/C13H17N3O/c1-3-16(2)7-8-17-13-6-4-5-12-11(13)9-14-10-15-12/h4-6,9-10H,3,7-8H2,1-2H3. The van der Waals surface area contributed by atoms with Crippen LogP contribution in [0.25, 0.3) is 10.9 Å². The predicted octanol–water partition coefficient (Wildman–Crippen LogP) is 1.96. The molecule has 1 heterocycles. The van der Waals surface area contributed by atoms with Gasteiger partial charge in [0, 0.05) is 12.7 Å². The summed E-state index contributed by atoms with van der Waals surface area (Å²) in [5.74, 6) is 0.854. The number of hydrogen-bond acceptors (Lipinski definition) is 4. The van der Waals surface area contributed by atoms with Crippen LogP contribution in [0.2, 0.25) is 0 Å². The summed E-state index contributed by atoms with van der Waals surface area (Å²) in [4.78, 5) is 10.4. The van der Waals surface area contributed by atoms with Gasteiger partial charge in [-0.2, -0.15) is 0 Å². The zero-order valence-corrected chi connectivity index (χ0v) is 10.3. The van der Waals surface area contributed by atoms with E-state index in [4.69, 9.17) is 4.74 Å². The van der Waals surface area contributed by atoms with E-state index in [2.05, 4.69) is 28.8 Å². The van der Waals surface area contributed by atoms with Gasteiger partial charge in [-0.15, -0.1) is 0 Å². The maximum Gasteiger partial charge on any atom is 0.130 e. The summed E-state index contributed by atoms with van der Waals surface area (Å²) in [6.07, 6.45) is 3.35. The van der Waals surface area contributed by atoms with E-state index >= 15 is 0 Å². The topological polar surface area (TPSA) is 38.2 Å². The second-order valence-corrected chi connectivity index (χ2v) is 3.96. The summed E-state index contributed by atoms with van der Waals surface area (Å²) in [5.41, 5.74) is 0.918. The summed E-state index contributed by atoms with van der Waals surface area (Å²) < 4.78 is 5.77. The van der Waals surface area contributed by atoms with Crippen molar-refractivity contribution >= 4 is 10.9 Å². The lowest BCUT2D eigenvalue weighted by atomic mass is 10.2. The molecule has 0 fully saturated rings. The SMILES string of the molecule is CCN(C)CCOc1cccc2ncncc12. The second kappa shape index (κ2) is 5.59. The smallest absolute Gasteiger partial charge is 0.130 e. The quantitative estimate of drug-likeness (QED) is 0.788. The largest absolute Gasteiger partial charge is 0.491 e. The molecule has 0 aliphatic carbocycles. The molecule has 4 heteroatoms. The molecule has 0 saturated carbocycles. The van der Waals surface area contributed by atoms with Crippen molar-refractivity contribution in [2.75, 3.05) is 26.7 Å². The third-order valence-electron chi connectivity index (χ3n) is 2.78. The second-order valence-electron chi connectivity index (χ2n) is 3.96. The van der Waals surface area contributed by atoms with Crippen molar-refractivity contribution in [2.24, 2.45) is 0 Å². The minimum atomic E-state index is 0.679. The first kappa shape index (κ1) is 11.8. The first-order chi connectivity index (χ1) is 8.31. The molecule has 1 aromatic carbocycles. The Kier molecular flexibility index (Phi) is 3.88. The highest BCUT2D eigenvalue weighted by Gasteiger charge is 2.02. The highest BCUT2D eigenvalue weighted by molar-refractivity contribution is 5.83. The van der Waals surface area contributed by atoms with E-state index in [1.807, 2.05) is 18.2 Å². The van der Waals surface area contributed by atoms with Gasteiger partial charge < -0.3 is 9.64 Å². The highest BCUT2D eigenvalue weighted by Crippen LogP contribution is 2.22. The lowest BCUT2D eigenvalue weighted by Crippen LogP contribution is -2.23. The van der Waals surface area contributed by atoms with Gasteiger partial charge in [0.25, 0.3) is 0 Å². The number of hydrogen-bond donors (Lipinski definition) is 0. The van der Waals surface area contributed by atoms with Crippen molar-refractivity contribution in [1.29, 1.82) is 0 Å². The van der Waals surface area contributed by atoms with Crippen LogP contribution in [0.4, 0.5) is 0 Å². The number of aromatic nitrogens is 2. The maximum atomic E-state index is 5.77. The third-order valence-corrected chi connectivity index (χ3v) is 2.78. The summed E-state index contributed by atoms with van der Waals surface area (Å²) in [6.45, 7) is 4.76. The summed E-state index contributed by atoms with van der Waals surface area (Å²) >= 11 is 0. The van der Waals surface area contributed by atoms with E-state index < -0.39 is 0 Å². The molecule has 0 unspecified atom stereocenters. The first-order valence-corrected chi connectivity index (χ1v) is 5.81. The Morgan fingerprint density at radius 1 is 1.35 bits per heavy atom. The fourth-order valence-corrected chi connectivity index (χ4v) is 1.57. The fourth-order valence-electron chi connectivity index (χ4n) is 1.57. The van der Waals surface area contributed by atoms with Gasteiger partial charge in [-0.1, -0.05) is 13.0 Å². The highest BCUT2D eigenvalue weighted by atomic mass is 16.5. The number of nitrogens with zero attached hydrogens (tertiary/aromatic N) is 3. The number of rotatable bonds is 5. The molecule has 0 bridgehead atoms. The molecule has 0 saturated heterocycles.